The van der Waals surface area contributed by atoms with Gasteiger partial charge in [-0.1, -0.05) is 15.9 Å². The van der Waals surface area contributed by atoms with Gasteiger partial charge in [0, 0.05) is 4.47 Å². The maximum absolute atomic E-state index is 11.3. The van der Waals surface area contributed by atoms with Gasteiger partial charge in [-0.15, -0.1) is 0 Å². The Hall–Kier alpha value is -1.03. The normalized spacial score (nSPS) is 10.0. The second-order valence-electron chi connectivity index (χ2n) is 2.97. The van der Waals surface area contributed by atoms with Crippen molar-refractivity contribution in [3.8, 4) is 11.5 Å². The van der Waals surface area contributed by atoms with E-state index in [4.69, 9.17) is 4.74 Å². The number of ether oxygens (including phenoxy) is 1. The second-order valence-corrected chi connectivity index (χ2v) is 3.82. The van der Waals surface area contributed by atoms with E-state index in [1.807, 2.05) is 0 Å². The van der Waals surface area contributed by atoms with Crippen LogP contribution in [0, 0.1) is 6.92 Å². The van der Waals surface area contributed by atoms with Crippen molar-refractivity contribution < 1.29 is 14.6 Å². The van der Waals surface area contributed by atoms with Crippen LogP contribution in [0.3, 0.4) is 0 Å². The van der Waals surface area contributed by atoms with Gasteiger partial charge in [-0.05, 0) is 25.5 Å². The molecule has 1 aromatic rings. The van der Waals surface area contributed by atoms with Crippen LogP contribution < -0.4 is 4.74 Å². The molecule has 3 nitrogen and oxygen atoms in total. The smallest absolute Gasteiger partial charge is 0.171 e. The molecule has 0 saturated carbocycles. The minimum atomic E-state index is -0.129. The summed E-state index contributed by atoms with van der Waals surface area (Å²) in [7, 11) is 1.43. The molecule has 0 fully saturated rings. The van der Waals surface area contributed by atoms with Gasteiger partial charge >= 0.3 is 0 Å². The fourth-order valence-electron chi connectivity index (χ4n) is 1.34. The lowest BCUT2D eigenvalue weighted by Crippen LogP contribution is -2.01. The van der Waals surface area contributed by atoms with E-state index in [0.29, 0.717) is 10.0 Å². The molecule has 1 rings (SSSR count). The number of Topliss-reactive ketones (excluding diaryl/α,β-unsaturated/α-hetero) is 1. The number of phenols is 1. The Morgan fingerprint density at radius 2 is 2.14 bits per heavy atom. The number of rotatable bonds is 2. The number of aromatic hydroxyl groups is 1. The number of carbonyl (C=O) groups is 1. The molecule has 0 aliphatic heterocycles. The van der Waals surface area contributed by atoms with Crippen LogP contribution in [0.4, 0.5) is 0 Å². The zero-order chi connectivity index (χ0) is 10.9. The number of benzene rings is 1. The molecule has 0 radical (unpaired) electrons. The molecule has 0 atom stereocenters. The molecule has 0 unspecified atom stereocenters. The van der Waals surface area contributed by atoms with Crippen LogP contribution in [0.1, 0.15) is 22.8 Å². The average Bonchev–Trinajstić information content (AvgIpc) is 2.10. The average molecular weight is 259 g/mol. The van der Waals surface area contributed by atoms with E-state index < -0.39 is 0 Å². The van der Waals surface area contributed by atoms with E-state index in [2.05, 4.69) is 15.9 Å². The lowest BCUT2D eigenvalue weighted by atomic mass is 10.0. The van der Waals surface area contributed by atoms with Crippen LogP contribution in [0.25, 0.3) is 0 Å². The van der Waals surface area contributed by atoms with Gasteiger partial charge in [0.2, 0.25) is 0 Å². The van der Waals surface area contributed by atoms with Gasteiger partial charge in [0.15, 0.2) is 17.3 Å². The number of halogens is 1. The third-order valence-electron chi connectivity index (χ3n) is 2.01. The summed E-state index contributed by atoms with van der Waals surface area (Å²) in [6.45, 7) is 3.24. The van der Waals surface area contributed by atoms with Crippen LogP contribution in [0.2, 0.25) is 0 Å². The number of ketones is 1. The van der Waals surface area contributed by atoms with E-state index in [-0.39, 0.29) is 17.3 Å². The van der Waals surface area contributed by atoms with Crippen LogP contribution >= 0.6 is 15.9 Å². The first kappa shape index (κ1) is 11.0. The highest BCUT2D eigenvalue weighted by Gasteiger charge is 2.17. The molecule has 76 valence electrons. The molecule has 0 amide bonds. The maximum Gasteiger partial charge on any atom is 0.171 e. The fourth-order valence-corrected chi connectivity index (χ4v) is 1.76. The summed E-state index contributed by atoms with van der Waals surface area (Å²) in [6.07, 6.45) is 0. The summed E-state index contributed by atoms with van der Waals surface area (Å²) in [6, 6.07) is 1.51. The zero-order valence-electron chi connectivity index (χ0n) is 8.22. The molecule has 0 heterocycles. The lowest BCUT2D eigenvalue weighted by Gasteiger charge is -2.12. The summed E-state index contributed by atoms with van der Waals surface area (Å²) >= 11 is 3.26. The van der Waals surface area contributed by atoms with Crippen LogP contribution in [-0.4, -0.2) is 18.0 Å². The van der Waals surface area contributed by atoms with Crippen molar-refractivity contribution in [2.75, 3.05) is 7.11 Å². The Kier molecular flexibility index (Phi) is 3.16. The second kappa shape index (κ2) is 4.00. The van der Waals surface area contributed by atoms with Gasteiger partial charge in [-0.3, -0.25) is 4.79 Å². The molecule has 0 aliphatic rings. The van der Waals surface area contributed by atoms with Gasteiger partial charge in [0.25, 0.3) is 0 Å². The highest BCUT2D eigenvalue weighted by atomic mass is 79.9. The van der Waals surface area contributed by atoms with E-state index in [9.17, 15) is 9.90 Å². The van der Waals surface area contributed by atoms with Crippen LogP contribution in [0.15, 0.2) is 10.5 Å². The molecule has 0 saturated heterocycles. The summed E-state index contributed by atoms with van der Waals surface area (Å²) in [4.78, 5) is 11.3. The van der Waals surface area contributed by atoms with Crippen molar-refractivity contribution in [1.29, 1.82) is 0 Å². The SMILES string of the molecule is COc1c(O)cc(Br)c(C)c1C(C)=O. The van der Waals surface area contributed by atoms with E-state index >= 15 is 0 Å². The Labute approximate surface area is 90.8 Å². The predicted octanol–water partition coefficient (Wildman–Crippen LogP) is 2.67. The first-order valence-electron chi connectivity index (χ1n) is 4.06. The summed E-state index contributed by atoms with van der Waals surface area (Å²) in [5, 5.41) is 9.54. The monoisotopic (exact) mass is 258 g/mol. The first-order chi connectivity index (χ1) is 6.49. The molecule has 4 heteroatoms. The fraction of sp³-hybridized carbons (Fsp3) is 0.300. The van der Waals surface area contributed by atoms with Gasteiger partial charge in [0.1, 0.15) is 0 Å². The molecule has 0 bridgehead atoms. The molecule has 1 aromatic carbocycles. The number of carbonyl (C=O) groups excluding carboxylic acids is 1. The number of phenolic OH excluding ortho intramolecular Hbond substituents is 1. The van der Waals surface area contributed by atoms with Gasteiger partial charge in [0.05, 0.1) is 12.7 Å². The van der Waals surface area contributed by atoms with Crippen molar-refractivity contribution in [2.24, 2.45) is 0 Å². The molecule has 1 N–H and O–H groups in total. The van der Waals surface area contributed by atoms with Gasteiger partial charge < -0.3 is 9.84 Å². The molecule has 0 aromatic heterocycles. The number of hydrogen-bond acceptors (Lipinski definition) is 3. The Morgan fingerprint density at radius 1 is 1.57 bits per heavy atom. The van der Waals surface area contributed by atoms with Crippen molar-refractivity contribution in [3.05, 3.63) is 21.7 Å². The Morgan fingerprint density at radius 3 is 2.57 bits per heavy atom. The molecular weight excluding hydrogens is 248 g/mol. The Balaban J connectivity index is 3.56. The minimum absolute atomic E-state index is 0.0322. The largest absolute Gasteiger partial charge is 0.504 e. The predicted molar refractivity (Wildman–Crippen MR) is 57.1 cm³/mol. The highest BCUT2D eigenvalue weighted by Crippen LogP contribution is 2.37. The third-order valence-corrected chi connectivity index (χ3v) is 2.84. The van der Waals surface area contributed by atoms with Crippen LogP contribution in [0.5, 0.6) is 11.5 Å². The number of hydrogen-bond donors (Lipinski definition) is 1. The minimum Gasteiger partial charge on any atom is -0.504 e. The summed E-state index contributed by atoms with van der Waals surface area (Å²) in [5.74, 6) is 0.0734. The third kappa shape index (κ3) is 1.75. The lowest BCUT2D eigenvalue weighted by molar-refractivity contribution is 0.101. The molecule has 0 spiro atoms. The maximum atomic E-state index is 11.3. The van der Waals surface area contributed by atoms with E-state index in [1.165, 1.54) is 20.1 Å². The summed E-state index contributed by atoms with van der Waals surface area (Å²) < 4.78 is 5.68. The zero-order valence-corrected chi connectivity index (χ0v) is 9.81. The van der Waals surface area contributed by atoms with Crippen molar-refractivity contribution in [3.63, 3.8) is 0 Å². The molecule has 14 heavy (non-hydrogen) atoms. The van der Waals surface area contributed by atoms with Crippen molar-refractivity contribution in [1.82, 2.24) is 0 Å². The number of methoxy groups -OCH3 is 1. The van der Waals surface area contributed by atoms with Crippen molar-refractivity contribution in [2.45, 2.75) is 13.8 Å². The van der Waals surface area contributed by atoms with Crippen molar-refractivity contribution >= 4 is 21.7 Å². The topological polar surface area (TPSA) is 46.5 Å². The van der Waals surface area contributed by atoms with E-state index in [1.54, 1.807) is 6.92 Å². The summed E-state index contributed by atoms with van der Waals surface area (Å²) in [5.41, 5.74) is 1.19. The van der Waals surface area contributed by atoms with E-state index in [0.717, 1.165) is 5.56 Å². The Bertz CT molecular complexity index is 385. The highest BCUT2D eigenvalue weighted by molar-refractivity contribution is 9.10. The molecular formula is C10H11BrO3. The first-order valence-corrected chi connectivity index (χ1v) is 4.85. The molecule has 0 aliphatic carbocycles. The van der Waals surface area contributed by atoms with Gasteiger partial charge in [-0.2, -0.15) is 0 Å². The quantitative estimate of drug-likeness (QED) is 0.830. The van der Waals surface area contributed by atoms with Gasteiger partial charge in [-0.25, -0.2) is 0 Å². The van der Waals surface area contributed by atoms with Crippen LogP contribution in [-0.2, 0) is 0 Å². The standard InChI is InChI=1S/C10H11BrO3/c1-5-7(11)4-8(13)10(14-3)9(5)6(2)12/h4,13H,1-3H3.